The Morgan fingerprint density at radius 3 is 1.55 bits per heavy atom. The van der Waals surface area contributed by atoms with E-state index < -0.39 is 22.0 Å². The van der Waals surface area contributed by atoms with Gasteiger partial charge in [-0.05, 0) is 24.6 Å². The van der Waals surface area contributed by atoms with Crippen molar-refractivity contribution in [1.29, 1.82) is 0 Å². The first-order chi connectivity index (χ1) is 18.2. The van der Waals surface area contributed by atoms with E-state index in [1.807, 2.05) is 12.5 Å². The molecule has 2 aromatic heterocycles. The lowest BCUT2D eigenvalue weighted by molar-refractivity contribution is -0.402. The molecule has 0 radical (unpaired) electrons. The van der Waals surface area contributed by atoms with Crippen molar-refractivity contribution in [1.82, 2.24) is 10.0 Å². The van der Waals surface area contributed by atoms with Crippen LogP contribution in [-0.2, 0) is 9.47 Å². The summed E-state index contributed by atoms with van der Waals surface area (Å²) in [7, 11) is 0. The molecule has 0 bridgehead atoms. The number of ether oxygens (including phenoxy) is 2. The van der Waals surface area contributed by atoms with Gasteiger partial charge in [-0.15, -0.1) is 0 Å². The summed E-state index contributed by atoms with van der Waals surface area (Å²) in [6.07, 6.45) is 4.89. The van der Waals surface area contributed by atoms with Gasteiger partial charge in [0, 0.05) is 11.5 Å². The minimum absolute atomic E-state index is 0.189. The number of hydrogen-bond donors (Lipinski definition) is 0. The molecule has 2 aromatic rings. The van der Waals surface area contributed by atoms with Crippen molar-refractivity contribution < 1.29 is 37.7 Å². The second-order valence-electron chi connectivity index (χ2n) is 7.44. The average Bonchev–Trinajstić information content (AvgIpc) is 3.65. The third-order valence-corrected chi connectivity index (χ3v) is 6.06. The van der Waals surface area contributed by atoms with Crippen LogP contribution < -0.4 is 0 Å². The van der Waals surface area contributed by atoms with Crippen molar-refractivity contribution in [3.8, 4) is 0 Å². The molecule has 4 heterocycles. The molecular weight excluding hydrogens is 548 g/mol. The van der Waals surface area contributed by atoms with Crippen molar-refractivity contribution in [2.45, 2.75) is 12.2 Å². The highest BCUT2D eigenvalue weighted by molar-refractivity contribution is 7.98. The summed E-state index contributed by atoms with van der Waals surface area (Å²) in [6, 6.07) is 5.26. The molecule has 0 aliphatic carbocycles. The fourth-order valence-corrected chi connectivity index (χ4v) is 4.11. The fourth-order valence-electron chi connectivity index (χ4n) is 3.02. The largest absolute Gasteiger partial charge is 0.442 e. The van der Waals surface area contributed by atoms with Crippen molar-refractivity contribution in [3.63, 3.8) is 0 Å². The van der Waals surface area contributed by atoms with E-state index in [9.17, 15) is 29.8 Å². The number of furan rings is 2. The van der Waals surface area contributed by atoms with Crippen molar-refractivity contribution in [2.24, 2.45) is 10.2 Å². The number of thioether (sulfide) groups is 2. The zero-order valence-electron chi connectivity index (χ0n) is 20.0. The van der Waals surface area contributed by atoms with Crippen LogP contribution in [-0.4, -0.2) is 93.8 Å². The molecule has 2 unspecified atom stereocenters. The van der Waals surface area contributed by atoms with Gasteiger partial charge in [0.15, 0.2) is 11.5 Å². The summed E-state index contributed by atoms with van der Waals surface area (Å²) in [4.78, 5) is 42.4. The van der Waals surface area contributed by atoms with Gasteiger partial charge < -0.3 is 18.3 Å². The number of cyclic esters (lactones) is 2. The summed E-state index contributed by atoms with van der Waals surface area (Å²) < 4.78 is 19.9. The van der Waals surface area contributed by atoms with Gasteiger partial charge in [0.05, 0.1) is 37.7 Å². The maximum atomic E-state index is 11.4. The van der Waals surface area contributed by atoms with Gasteiger partial charge in [0.25, 0.3) is 0 Å². The number of nitro groups is 2. The molecule has 2 amide bonds. The lowest BCUT2D eigenvalue weighted by Gasteiger charge is -2.04. The Balaban J connectivity index is 0.000000211. The minimum Gasteiger partial charge on any atom is -0.442 e. The minimum atomic E-state index is -0.643. The van der Waals surface area contributed by atoms with Crippen LogP contribution in [0, 0.1) is 20.2 Å². The molecule has 2 aliphatic heterocycles. The predicted octanol–water partition coefficient (Wildman–Crippen LogP) is 3.41. The fraction of sp³-hybridized carbons (Fsp3) is 0.400. The topological polar surface area (TPSA) is 196 Å². The number of amides is 2. The first-order valence-corrected chi connectivity index (χ1v) is 13.5. The Labute approximate surface area is 223 Å². The first-order valence-electron chi connectivity index (χ1n) is 10.7. The maximum Gasteiger partial charge on any atom is 0.433 e. The second-order valence-corrected chi connectivity index (χ2v) is 9.26. The van der Waals surface area contributed by atoms with E-state index in [4.69, 9.17) is 18.3 Å². The molecule has 0 aromatic carbocycles. The smallest absolute Gasteiger partial charge is 0.433 e. The van der Waals surface area contributed by atoms with Gasteiger partial charge in [-0.25, -0.2) is 9.59 Å². The predicted molar refractivity (Wildman–Crippen MR) is 137 cm³/mol. The standard InChI is InChI=1S/2C10H11N3O5S/c2*1-19-6-8-5-12(10(14)18-8)11-4-7-2-3-9(17-7)13(15)16/h2*2-4,8H,5-6H2,1H3/b2*11-4+. The monoisotopic (exact) mass is 570 g/mol. The molecule has 204 valence electrons. The van der Waals surface area contributed by atoms with Gasteiger partial charge in [-0.3, -0.25) is 20.2 Å². The highest BCUT2D eigenvalue weighted by atomic mass is 32.2. The second kappa shape index (κ2) is 13.5. The van der Waals surface area contributed by atoms with Gasteiger partial charge in [-0.1, -0.05) is 0 Å². The lowest BCUT2D eigenvalue weighted by Crippen LogP contribution is -2.19. The highest BCUT2D eigenvalue weighted by Gasteiger charge is 2.31. The third-order valence-electron chi connectivity index (χ3n) is 4.65. The Morgan fingerprint density at radius 2 is 1.24 bits per heavy atom. The molecule has 2 fully saturated rings. The first kappa shape index (κ1) is 28.5. The Hall–Kier alpha value is -4.06. The van der Waals surface area contributed by atoms with E-state index >= 15 is 0 Å². The van der Waals surface area contributed by atoms with E-state index in [1.54, 1.807) is 23.5 Å². The van der Waals surface area contributed by atoms with Crippen LogP contribution in [0.5, 0.6) is 0 Å². The SMILES string of the molecule is CSCC1CN(/N=C/c2ccc([N+](=O)[O-])o2)C(=O)O1.CSCC1CN(/N=C/c2ccc([N+](=O)[O-])o2)C(=O)O1. The quantitative estimate of drug-likeness (QED) is 0.230. The number of hydrazone groups is 2. The maximum absolute atomic E-state index is 11.4. The normalized spacial score (nSPS) is 19.1. The molecule has 0 N–H and O–H groups in total. The zero-order chi connectivity index (χ0) is 27.7. The summed E-state index contributed by atoms with van der Waals surface area (Å²) >= 11 is 3.15. The van der Waals surface area contributed by atoms with Crippen LogP contribution in [0.3, 0.4) is 0 Å². The number of nitrogens with zero attached hydrogens (tertiary/aromatic N) is 6. The number of carbonyl (C=O) groups is 2. The van der Waals surface area contributed by atoms with Gasteiger partial charge >= 0.3 is 24.0 Å². The molecule has 4 rings (SSSR count). The Kier molecular flexibility index (Phi) is 10.1. The molecule has 2 aliphatic rings. The van der Waals surface area contributed by atoms with Crippen LogP contribution in [0.1, 0.15) is 11.5 Å². The third kappa shape index (κ3) is 7.97. The average molecular weight is 571 g/mol. The molecule has 2 atom stereocenters. The van der Waals surface area contributed by atoms with Crippen LogP contribution in [0.2, 0.25) is 0 Å². The number of hydrogen-bond acceptors (Lipinski definition) is 14. The summed E-state index contributed by atoms with van der Waals surface area (Å²) in [5.41, 5.74) is 0. The summed E-state index contributed by atoms with van der Waals surface area (Å²) in [5.74, 6) is 1.06. The van der Waals surface area contributed by atoms with E-state index in [-0.39, 0.29) is 35.5 Å². The van der Waals surface area contributed by atoms with Gasteiger partial charge in [-0.2, -0.15) is 43.7 Å². The molecule has 38 heavy (non-hydrogen) atoms. The van der Waals surface area contributed by atoms with E-state index in [1.165, 1.54) is 36.7 Å². The van der Waals surface area contributed by atoms with Crippen LogP contribution in [0.25, 0.3) is 0 Å². The summed E-state index contributed by atoms with van der Waals surface area (Å²) in [6.45, 7) is 0.720. The van der Waals surface area contributed by atoms with Crippen LogP contribution in [0.15, 0.2) is 43.3 Å². The molecule has 0 saturated carbocycles. The Morgan fingerprint density at radius 1 is 0.842 bits per heavy atom. The number of rotatable bonds is 10. The number of carbonyl (C=O) groups excluding carboxylic acids is 2. The van der Waals surface area contributed by atoms with Crippen molar-refractivity contribution in [2.75, 3.05) is 37.1 Å². The van der Waals surface area contributed by atoms with Gasteiger partial charge in [0.2, 0.25) is 0 Å². The lowest BCUT2D eigenvalue weighted by atomic mass is 10.4. The molecule has 16 nitrogen and oxygen atoms in total. The molecule has 2 saturated heterocycles. The van der Waals surface area contributed by atoms with Crippen LogP contribution >= 0.6 is 23.5 Å². The molecule has 0 spiro atoms. The van der Waals surface area contributed by atoms with E-state index in [0.717, 1.165) is 10.0 Å². The Bertz CT molecular complexity index is 1120. The highest BCUT2D eigenvalue weighted by Crippen LogP contribution is 2.18. The summed E-state index contributed by atoms with van der Waals surface area (Å²) in [5, 5.41) is 30.9. The van der Waals surface area contributed by atoms with E-state index in [2.05, 4.69) is 10.2 Å². The van der Waals surface area contributed by atoms with Crippen molar-refractivity contribution in [3.05, 3.63) is 56.0 Å². The zero-order valence-corrected chi connectivity index (χ0v) is 21.7. The molecule has 18 heteroatoms. The van der Waals surface area contributed by atoms with Gasteiger partial charge in [0.1, 0.15) is 22.1 Å². The van der Waals surface area contributed by atoms with E-state index in [0.29, 0.717) is 24.6 Å². The van der Waals surface area contributed by atoms with Crippen LogP contribution in [0.4, 0.5) is 21.4 Å². The molecular formula is C20H22N6O10S2. The van der Waals surface area contributed by atoms with Crippen molar-refractivity contribution >= 4 is 59.9 Å².